The van der Waals surface area contributed by atoms with Crippen LogP contribution in [0.4, 0.5) is 0 Å². The molecule has 1 saturated heterocycles. The number of thioether (sulfide) groups is 2. The number of benzene rings is 2. The normalized spacial score (nSPS) is 14.7. The lowest BCUT2D eigenvalue weighted by Crippen LogP contribution is -2.11. The summed E-state index contributed by atoms with van der Waals surface area (Å²) in [5.74, 6) is 3.37. The summed E-state index contributed by atoms with van der Waals surface area (Å²) >= 11 is 3.92. The largest absolute Gasteiger partial charge is 0.497 e. The van der Waals surface area contributed by atoms with Crippen molar-refractivity contribution in [3.63, 3.8) is 0 Å². The summed E-state index contributed by atoms with van der Waals surface area (Å²) in [6.45, 7) is 0. The molecule has 134 valence electrons. The van der Waals surface area contributed by atoms with Gasteiger partial charge in [-0.1, -0.05) is 12.1 Å². The van der Waals surface area contributed by atoms with Crippen LogP contribution in [-0.4, -0.2) is 24.6 Å². The molecule has 1 aliphatic rings. The molecule has 4 rings (SSSR count). The third-order valence-corrected chi connectivity index (χ3v) is 7.31. The molecule has 0 amide bonds. The molecule has 1 aromatic heterocycles. The average molecular weight is 386 g/mol. The lowest BCUT2D eigenvalue weighted by Gasteiger charge is -2.09. The molecule has 2 aromatic carbocycles. The fourth-order valence-corrected chi connectivity index (χ4v) is 5.75. The van der Waals surface area contributed by atoms with Gasteiger partial charge in [-0.2, -0.15) is 0 Å². The highest BCUT2D eigenvalue weighted by atomic mass is 32.2. The predicted molar refractivity (Wildman–Crippen MR) is 106 cm³/mol. The van der Waals surface area contributed by atoms with Crippen LogP contribution >= 0.6 is 23.5 Å². The highest BCUT2D eigenvalue weighted by Gasteiger charge is 2.18. The molecule has 0 atom stereocenters. The number of carbonyl (C=O) groups excluding carboxylic acids is 1. The minimum Gasteiger partial charge on any atom is -0.497 e. The second-order valence-electron chi connectivity index (χ2n) is 5.92. The van der Waals surface area contributed by atoms with E-state index in [1.807, 2.05) is 66.0 Å². The van der Waals surface area contributed by atoms with E-state index in [4.69, 9.17) is 13.9 Å². The van der Waals surface area contributed by atoms with E-state index in [2.05, 4.69) is 0 Å². The van der Waals surface area contributed by atoms with Crippen LogP contribution in [0.2, 0.25) is 0 Å². The molecule has 1 fully saturated rings. The Bertz CT molecular complexity index is 911. The van der Waals surface area contributed by atoms with Gasteiger partial charge in [-0.3, -0.25) is 4.79 Å². The van der Waals surface area contributed by atoms with Crippen molar-refractivity contribution in [2.45, 2.75) is 11.0 Å². The van der Waals surface area contributed by atoms with Crippen LogP contribution < -0.4 is 9.47 Å². The summed E-state index contributed by atoms with van der Waals surface area (Å²) in [7, 11) is 1.61. The maximum absolute atomic E-state index is 12.3. The van der Waals surface area contributed by atoms with Gasteiger partial charge in [0.1, 0.15) is 17.1 Å². The van der Waals surface area contributed by atoms with Crippen LogP contribution in [-0.2, 0) is 11.2 Å². The Balaban J connectivity index is 1.42. The second-order valence-corrected chi connectivity index (χ2v) is 8.64. The van der Waals surface area contributed by atoms with Gasteiger partial charge in [-0.15, -0.1) is 23.5 Å². The van der Waals surface area contributed by atoms with Crippen molar-refractivity contribution in [3.8, 4) is 11.5 Å². The van der Waals surface area contributed by atoms with Gasteiger partial charge >= 0.3 is 5.97 Å². The van der Waals surface area contributed by atoms with Crippen molar-refractivity contribution in [1.82, 2.24) is 0 Å². The number of ether oxygens (including phenoxy) is 2. The third-order valence-electron chi connectivity index (χ3n) is 4.20. The molecule has 6 heteroatoms. The van der Waals surface area contributed by atoms with Crippen molar-refractivity contribution in [1.29, 1.82) is 0 Å². The number of rotatable bonds is 5. The van der Waals surface area contributed by atoms with E-state index in [0.717, 1.165) is 16.7 Å². The zero-order chi connectivity index (χ0) is 17.9. The lowest BCUT2D eigenvalue weighted by molar-refractivity contribution is -0.133. The molecular formula is C20H18O4S2. The highest BCUT2D eigenvalue weighted by molar-refractivity contribution is 8.19. The molecule has 3 aromatic rings. The molecule has 0 saturated carbocycles. The predicted octanol–water partition coefficient (Wildman–Crippen LogP) is 5.07. The van der Waals surface area contributed by atoms with E-state index in [1.165, 1.54) is 17.1 Å². The van der Waals surface area contributed by atoms with E-state index < -0.39 is 0 Å². The van der Waals surface area contributed by atoms with Crippen LogP contribution in [0, 0.1) is 0 Å². The Kier molecular flexibility index (Phi) is 5.13. The molecular weight excluding hydrogens is 368 g/mol. The number of hydrogen-bond acceptors (Lipinski definition) is 6. The quantitative estimate of drug-likeness (QED) is 0.451. The summed E-state index contributed by atoms with van der Waals surface area (Å²) < 4.78 is 16.7. The third kappa shape index (κ3) is 3.71. The summed E-state index contributed by atoms with van der Waals surface area (Å²) in [4.78, 5) is 12.3. The van der Waals surface area contributed by atoms with Gasteiger partial charge in [0.2, 0.25) is 0 Å². The first-order valence-corrected chi connectivity index (χ1v) is 10.4. The van der Waals surface area contributed by atoms with Crippen molar-refractivity contribution in [3.05, 3.63) is 59.9 Å². The number of fused-ring (bicyclic) bond motifs is 1. The van der Waals surface area contributed by atoms with Crippen LogP contribution in [0.1, 0.15) is 15.7 Å². The zero-order valence-corrected chi connectivity index (χ0v) is 15.9. The highest BCUT2D eigenvalue weighted by Crippen LogP contribution is 2.45. The molecule has 0 N–H and O–H groups in total. The van der Waals surface area contributed by atoms with Gasteiger partial charge in [0.25, 0.3) is 0 Å². The smallest absolute Gasteiger partial charge is 0.315 e. The molecule has 1 aliphatic heterocycles. The summed E-state index contributed by atoms with van der Waals surface area (Å²) in [5, 5.41) is 0.897. The van der Waals surface area contributed by atoms with E-state index in [1.54, 1.807) is 13.4 Å². The minimum absolute atomic E-state index is 0.162. The first-order chi connectivity index (χ1) is 12.7. The topological polar surface area (TPSA) is 48.7 Å². The fourth-order valence-electron chi connectivity index (χ4n) is 2.89. The first-order valence-electron chi connectivity index (χ1n) is 8.31. The molecule has 2 heterocycles. The summed E-state index contributed by atoms with van der Waals surface area (Å²) in [6, 6.07) is 13.4. The Morgan fingerprint density at radius 3 is 2.58 bits per heavy atom. The Hall–Kier alpha value is -2.05. The van der Waals surface area contributed by atoms with Gasteiger partial charge in [0.15, 0.2) is 0 Å². The Morgan fingerprint density at radius 1 is 1.12 bits per heavy atom. The van der Waals surface area contributed by atoms with Gasteiger partial charge in [0.05, 0.1) is 24.4 Å². The lowest BCUT2D eigenvalue weighted by atomic mass is 10.1. The van der Waals surface area contributed by atoms with E-state index in [-0.39, 0.29) is 12.4 Å². The number of carbonyl (C=O) groups is 1. The van der Waals surface area contributed by atoms with Gasteiger partial charge in [0, 0.05) is 28.5 Å². The van der Waals surface area contributed by atoms with E-state index >= 15 is 0 Å². The number of furan rings is 1. The number of esters is 1. The van der Waals surface area contributed by atoms with Crippen LogP contribution in [0.5, 0.6) is 11.5 Å². The fraction of sp³-hybridized carbons (Fsp3) is 0.250. The second kappa shape index (κ2) is 7.68. The molecule has 0 radical (unpaired) electrons. The standard InChI is InChI=1S/C20H18O4S2/c1-22-16-6-7-17-14(12-23-18(17)11-16)10-19(21)24-15-4-2-13(3-5-15)20-25-8-9-26-20/h2-7,11-12,20H,8-10H2,1H3. The molecule has 4 nitrogen and oxygen atoms in total. The van der Waals surface area contributed by atoms with Crippen molar-refractivity contribution in [2.75, 3.05) is 18.6 Å². The van der Waals surface area contributed by atoms with Crippen LogP contribution in [0.15, 0.2) is 53.1 Å². The average Bonchev–Trinajstić information content (AvgIpc) is 3.32. The van der Waals surface area contributed by atoms with Crippen LogP contribution in [0.25, 0.3) is 11.0 Å². The van der Waals surface area contributed by atoms with E-state index in [9.17, 15) is 4.79 Å². The number of hydrogen-bond donors (Lipinski definition) is 0. The summed E-state index contributed by atoms with van der Waals surface area (Å²) in [6.07, 6.45) is 1.76. The minimum atomic E-state index is -0.305. The van der Waals surface area contributed by atoms with Gasteiger partial charge in [-0.05, 0) is 29.8 Å². The molecule has 0 aliphatic carbocycles. The monoisotopic (exact) mass is 386 g/mol. The maximum atomic E-state index is 12.3. The Morgan fingerprint density at radius 2 is 1.85 bits per heavy atom. The molecule has 0 bridgehead atoms. The number of methoxy groups -OCH3 is 1. The van der Waals surface area contributed by atoms with E-state index in [0.29, 0.717) is 15.9 Å². The van der Waals surface area contributed by atoms with Gasteiger partial charge in [-0.25, -0.2) is 0 Å². The Labute approximate surface area is 160 Å². The van der Waals surface area contributed by atoms with Crippen molar-refractivity contribution >= 4 is 40.5 Å². The van der Waals surface area contributed by atoms with Crippen LogP contribution in [0.3, 0.4) is 0 Å². The van der Waals surface area contributed by atoms with Crippen molar-refractivity contribution < 1.29 is 18.7 Å². The van der Waals surface area contributed by atoms with Gasteiger partial charge < -0.3 is 13.9 Å². The molecule has 26 heavy (non-hydrogen) atoms. The summed E-state index contributed by atoms with van der Waals surface area (Å²) in [5.41, 5.74) is 2.78. The maximum Gasteiger partial charge on any atom is 0.315 e. The zero-order valence-electron chi connectivity index (χ0n) is 14.3. The molecule has 0 spiro atoms. The SMILES string of the molecule is COc1ccc2c(CC(=O)Oc3ccc(C4SCCS4)cc3)coc2c1. The first kappa shape index (κ1) is 17.4. The van der Waals surface area contributed by atoms with Crippen molar-refractivity contribution in [2.24, 2.45) is 0 Å². The molecule has 0 unspecified atom stereocenters.